The maximum atomic E-state index is 12.7. The van der Waals surface area contributed by atoms with E-state index < -0.39 is 17.2 Å². The van der Waals surface area contributed by atoms with Gasteiger partial charge in [0.05, 0.1) is 18.8 Å². The molecule has 6 nitrogen and oxygen atoms in total. The van der Waals surface area contributed by atoms with E-state index in [0.717, 1.165) is 16.8 Å². The Hall–Kier alpha value is -3.01. The fourth-order valence-corrected chi connectivity index (χ4v) is 4.18. The van der Waals surface area contributed by atoms with Crippen LogP contribution in [0.5, 0.6) is 0 Å². The van der Waals surface area contributed by atoms with Crippen LogP contribution in [0.15, 0.2) is 53.7 Å². The number of aromatic nitrogens is 3. The third-order valence-electron chi connectivity index (χ3n) is 4.96. The number of hydrogen-bond donors (Lipinski definition) is 0. The Labute approximate surface area is 193 Å². The summed E-state index contributed by atoms with van der Waals surface area (Å²) in [5, 5.41) is 4.76. The van der Waals surface area contributed by atoms with Crippen molar-refractivity contribution < 1.29 is 22.7 Å². The fourth-order valence-electron chi connectivity index (χ4n) is 3.64. The van der Waals surface area contributed by atoms with E-state index in [1.165, 1.54) is 12.1 Å². The van der Waals surface area contributed by atoms with Crippen molar-refractivity contribution in [1.29, 1.82) is 0 Å². The fraction of sp³-hybridized carbons (Fsp3) is 0.348. The van der Waals surface area contributed by atoms with Gasteiger partial charge in [-0.3, -0.25) is 9.67 Å². The number of carbonyl (C=O) groups is 1. The van der Waals surface area contributed by atoms with Crippen molar-refractivity contribution in [2.45, 2.75) is 49.9 Å². The molecule has 4 rings (SSSR count). The summed E-state index contributed by atoms with van der Waals surface area (Å²) >= 11 is -0.151. The number of halogens is 3. The highest BCUT2D eigenvalue weighted by Gasteiger charge is 2.31. The Morgan fingerprint density at radius 2 is 1.67 bits per heavy atom. The van der Waals surface area contributed by atoms with Crippen LogP contribution in [0.2, 0.25) is 0 Å². The first-order valence-corrected chi connectivity index (χ1v) is 11.2. The number of ether oxygens (including phenoxy) is 1. The minimum absolute atomic E-state index is 0.108. The van der Waals surface area contributed by atoms with Crippen molar-refractivity contribution in [3.05, 3.63) is 54.5 Å². The molecule has 33 heavy (non-hydrogen) atoms. The van der Waals surface area contributed by atoms with Gasteiger partial charge in [-0.2, -0.15) is 18.3 Å². The van der Waals surface area contributed by atoms with Gasteiger partial charge in [0.2, 0.25) is 0 Å². The van der Waals surface area contributed by atoms with Crippen LogP contribution in [0.25, 0.3) is 22.4 Å². The lowest BCUT2D eigenvalue weighted by Gasteiger charge is -2.30. The van der Waals surface area contributed by atoms with Crippen molar-refractivity contribution in [1.82, 2.24) is 19.7 Å². The van der Waals surface area contributed by atoms with Gasteiger partial charge in [-0.1, -0.05) is 12.1 Å². The number of benzene rings is 1. The molecule has 0 saturated heterocycles. The molecule has 0 N–H and O–H groups in total. The largest absolute Gasteiger partial charge is 0.446 e. The predicted molar refractivity (Wildman–Crippen MR) is 119 cm³/mol. The molecular weight excluding hydrogens is 453 g/mol. The molecule has 1 aromatic carbocycles. The Morgan fingerprint density at radius 3 is 2.27 bits per heavy atom. The average Bonchev–Trinajstić information content (AvgIpc) is 3.11. The number of carbonyl (C=O) groups excluding carboxylic acids is 1. The maximum absolute atomic E-state index is 12.7. The summed E-state index contributed by atoms with van der Waals surface area (Å²) in [4.78, 5) is 18.5. The summed E-state index contributed by atoms with van der Waals surface area (Å²) in [6.45, 7) is 6.69. The molecule has 0 unspecified atom stereocenters. The highest BCUT2D eigenvalue weighted by Crippen LogP contribution is 2.40. The van der Waals surface area contributed by atoms with Crippen LogP contribution in [0, 0.1) is 0 Å². The minimum Gasteiger partial charge on any atom is -0.444 e. The van der Waals surface area contributed by atoms with Crippen LogP contribution >= 0.6 is 11.8 Å². The molecule has 2 aromatic heterocycles. The third kappa shape index (κ3) is 5.50. The molecule has 0 fully saturated rings. The van der Waals surface area contributed by atoms with Crippen molar-refractivity contribution in [2.24, 2.45) is 0 Å². The third-order valence-corrected chi connectivity index (χ3v) is 5.70. The molecule has 174 valence electrons. The lowest BCUT2D eigenvalue weighted by atomic mass is 9.99. The Kier molecular flexibility index (Phi) is 6.13. The van der Waals surface area contributed by atoms with Crippen LogP contribution < -0.4 is 0 Å². The molecule has 0 spiro atoms. The summed E-state index contributed by atoms with van der Waals surface area (Å²) in [7, 11) is 0. The van der Waals surface area contributed by atoms with Gasteiger partial charge in [-0.15, -0.1) is 0 Å². The zero-order valence-corrected chi connectivity index (χ0v) is 19.2. The van der Waals surface area contributed by atoms with Crippen molar-refractivity contribution in [3.63, 3.8) is 0 Å². The van der Waals surface area contributed by atoms with Crippen molar-refractivity contribution in [3.8, 4) is 22.4 Å². The second-order valence-corrected chi connectivity index (χ2v) is 9.74. The van der Waals surface area contributed by atoms with Gasteiger partial charge < -0.3 is 9.64 Å². The monoisotopic (exact) mass is 476 g/mol. The van der Waals surface area contributed by atoms with Gasteiger partial charge in [0.25, 0.3) is 0 Å². The summed E-state index contributed by atoms with van der Waals surface area (Å²) in [5.74, 6) is 0. The number of pyridine rings is 1. The first-order chi connectivity index (χ1) is 15.5. The van der Waals surface area contributed by atoms with E-state index in [4.69, 9.17) is 9.84 Å². The normalized spacial score (nSPS) is 14.2. The van der Waals surface area contributed by atoms with Crippen molar-refractivity contribution in [2.75, 3.05) is 6.54 Å². The van der Waals surface area contributed by atoms with E-state index in [2.05, 4.69) is 4.98 Å². The second kappa shape index (κ2) is 8.74. The van der Waals surface area contributed by atoms with E-state index >= 15 is 0 Å². The molecular formula is C23H23F3N4O2S. The molecule has 1 amide bonds. The predicted octanol–water partition coefficient (Wildman–Crippen LogP) is 5.97. The van der Waals surface area contributed by atoms with Gasteiger partial charge >= 0.3 is 11.6 Å². The zero-order chi connectivity index (χ0) is 23.8. The minimum atomic E-state index is -4.34. The molecule has 1 aliphatic heterocycles. The van der Waals surface area contributed by atoms with Crippen molar-refractivity contribution >= 4 is 17.9 Å². The molecule has 3 aromatic rings. The number of alkyl halides is 3. The number of fused-ring (bicyclic) bond motifs is 1. The van der Waals surface area contributed by atoms with Gasteiger partial charge in [-0.05, 0) is 62.4 Å². The molecule has 10 heteroatoms. The van der Waals surface area contributed by atoms with Gasteiger partial charge in [0.1, 0.15) is 11.3 Å². The smallest absolute Gasteiger partial charge is 0.444 e. The van der Waals surface area contributed by atoms with Crippen LogP contribution in [0.4, 0.5) is 18.0 Å². The van der Waals surface area contributed by atoms with Crippen LogP contribution in [0.3, 0.4) is 0 Å². The lowest BCUT2D eigenvalue weighted by molar-refractivity contribution is -0.0328. The Bertz CT molecular complexity index is 1140. The number of thioether (sulfide) groups is 1. The summed E-state index contributed by atoms with van der Waals surface area (Å²) in [5.41, 5.74) is -1.10. The molecule has 0 aliphatic carbocycles. The number of nitrogens with zero attached hydrogens (tertiary/aromatic N) is 4. The molecule has 3 heterocycles. The maximum Gasteiger partial charge on any atom is 0.446 e. The standard InChI is InChI=1S/C23H23F3N4O2S/c1-22(2,3)32-21(31)29-12-13-30-18(14-29)19(15-8-10-27-11-9-15)20(28-30)16-4-6-17(7-5-16)33-23(24,25)26/h4-11H,12-14H2,1-3H3. The molecule has 0 radical (unpaired) electrons. The van der Waals surface area contributed by atoms with E-state index in [-0.39, 0.29) is 16.7 Å². The Balaban J connectivity index is 1.72. The first-order valence-electron chi connectivity index (χ1n) is 10.3. The van der Waals surface area contributed by atoms with Crippen LogP contribution in [0.1, 0.15) is 26.5 Å². The number of rotatable bonds is 3. The Morgan fingerprint density at radius 1 is 1.00 bits per heavy atom. The second-order valence-electron chi connectivity index (χ2n) is 8.60. The lowest BCUT2D eigenvalue weighted by Crippen LogP contribution is -2.41. The molecule has 0 saturated carbocycles. The summed E-state index contributed by atoms with van der Waals surface area (Å²) in [6.07, 6.45) is 2.94. The highest BCUT2D eigenvalue weighted by molar-refractivity contribution is 8.00. The van der Waals surface area contributed by atoms with Gasteiger partial charge in [-0.25, -0.2) is 4.79 Å². The van der Waals surface area contributed by atoms with E-state index in [0.29, 0.717) is 30.9 Å². The zero-order valence-electron chi connectivity index (χ0n) is 18.4. The number of hydrogen-bond acceptors (Lipinski definition) is 5. The summed E-state index contributed by atoms with van der Waals surface area (Å²) < 4.78 is 45.5. The topological polar surface area (TPSA) is 60.2 Å². The molecule has 0 bridgehead atoms. The number of amides is 1. The first kappa shape index (κ1) is 23.2. The van der Waals surface area contributed by atoms with E-state index in [1.54, 1.807) is 29.4 Å². The molecule has 1 aliphatic rings. The van der Waals surface area contributed by atoms with Gasteiger partial charge in [0, 0.05) is 35.0 Å². The molecule has 0 atom stereocenters. The van der Waals surface area contributed by atoms with Crippen LogP contribution in [-0.2, 0) is 17.8 Å². The summed E-state index contributed by atoms with van der Waals surface area (Å²) in [6, 6.07) is 9.85. The quantitative estimate of drug-likeness (QED) is 0.436. The van der Waals surface area contributed by atoms with Gasteiger partial charge in [0.15, 0.2) is 0 Å². The highest BCUT2D eigenvalue weighted by atomic mass is 32.2. The average molecular weight is 477 g/mol. The SMILES string of the molecule is CC(C)(C)OC(=O)N1CCn2nc(-c3ccc(SC(F)(F)F)cc3)c(-c3ccncc3)c2C1. The van der Waals surface area contributed by atoms with E-state index in [9.17, 15) is 18.0 Å². The van der Waals surface area contributed by atoms with Crippen LogP contribution in [-0.4, -0.2) is 43.4 Å². The van der Waals surface area contributed by atoms with E-state index in [1.807, 2.05) is 37.6 Å².